The Balaban J connectivity index is 1.43. The Labute approximate surface area is 223 Å². The molecule has 0 amide bonds. The fourth-order valence-corrected chi connectivity index (χ4v) is 5.59. The number of piperazine rings is 1. The molecule has 0 bridgehead atoms. The standard InChI is InChI=1S/C29H36FN7O/c30-27-16-22(7-8-23(27)19-31)28-18-29(33-20-21-3-1-4-24(32)15-21)34-37(28)26-6-2-5-25(17-26)36-11-9-35(10-12-36)13-14-38/h2,5-8,16-18,21,24,38H,1,3-4,9-15,20,32H2,(H,33,34)/t21?,24-/m0/s1. The number of aromatic nitrogens is 2. The quantitative estimate of drug-likeness (QED) is 0.419. The second kappa shape index (κ2) is 11.9. The summed E-state index contributed by atoms with van der Waals surface area (Å²) in [7, 11) is 0. The Bertz CT molecular complexity index is 1280. The van der Waals surface area contributed by atoms with Crippen LogP contribution < -0.4 is 16.0 Å². The van der Waals surface area contributed by atoms with Crippen LogP contribution in [-0.4, -0.2) is 71.7 Å². The fourth-order valence-electron chi connectivity index (χ4n) is 5.59. The van der Waals surface area contributed by atoms with Crippen LogP contribution in [0.4, 0.5) is 15.9 Å². The Kier molecular flexibility index (Phi) is 8.23. The summed E-state index contributed by atoms with van der Waals surface area (Å²) in [5, 5.41) is 26.8. The molecule has 2 fully saturated rings. The number of rotatable bonds is 8. The van der Waals surface area contributed by atoms with Crippen molar-refractivity contribution in [2.75, 3.05) is 56.1 Å². The highest BCUT2D eigenvalue weighted by Gasteiger charge is 2.21. The SMILES string of the molecule is N#Cc1ccc(-c2cc(NCC3CCC[C@H](N)C3)nn2-c2cccc(N3CCN(CCO)CC3)c2)cc1F. The molecule has 1 saturated carbocycles. The number of aliphatic hydroxyl groups excluding tert-OH is 1. The van der Waals surface area contributed by atoms with Gasteiger partial charge in [-0.05, 0) is 55.5 Å². The first-order valence-corrected chi connectivity index (χ1v) is 13.5. The summed E-state index contributed by atoms with van der Waals surface area (Å²) in [6.45, 7) is 5.25. The van der Waals surface area contributed by atoms with Gasteiger partial charge >= 0.3 is 0 Å². The Morgan fingerprint density at radius 1 is 1.08 bits per heavy atom. The predicted octanol–water partition coefficient (Wildman–Crippen LogP) is 3.59. The molecule has 1 aliphatic heterocycles. The van der Waals surface area contributed by atoms with Gasteiger partial charge in [0.2, 0.25) is 0 Å². The summed E-state index contributed by atoms with van der Waals surface area (Å²) < 4.78 is 16.4. The van der Waals surface area contributed by atoms with Gasteiger partial charge in [0.15, 0.2) is 0 Å². The van der Waals surface area contributed by atoms with Crippen LogP contribution in [0.1, 0.15) is 31.2 Å². The number of aliphatic hydroxyl groups is 1. The van der Waals surface area contributed by atoms with Crippen LogP contribution in [0.5, 0.6) is 0 Å². The summed E-state index contributed by atoms with van der Waals surface area (Å²) in [5.74, 6) is 0.692. The molecule has 9 heteroatoms. The molecule has 0 spiro atoms. The zero-order valence-electron chi connectivity index (χ0n) is 21.7. The lowest BCUT2D eigenvalue weighted by Gasteiger charge is -2.36. The molecule has 8 nitrogen and oxygen atoms in total. The molecule has 3 aromatic rings. The van der Waals surface area contributed by atoms with E-state index in [1.807, 2.05) is 29.0 Å². The number of anilines is 2. The molecular formula is C29H36FN7O. The average Bonchev–Trinajstić information content (AvgIpc) is 3.37. The second-order valence-electron chi connectivity index (χ2n) is 10.4. The van der Waals surface area contributed by atoms with Crippen molar-refractivity contribution >= 4 is 11.5 Å². The van der Waals surface area contributed by atoms with Gasteiger partial charge in [-0.2, -0.15) is 5.26 Å². The van der Waals surface area contributed by atoms with Crippen molar-refractivity contribution < 1.29 is 9.50 Å². The molecule has 38 heavy (non-hydrogen) atoms. The highest BCUT2D eigenvalue weighted by atomic mass is 19.1. The first-order valence-electron chi connectivity index (χ1n) is 13.5. The normalized spacial score (nSPS) is 20.3. The van der Waals surface area contributed by atoms with Crippen LogP contribution in [0.25, 0.3) is 16.9 Å². The maximum Gasteiger partial charge on any atom is 0.149 e. The summed E-state index contributed by atoms with van der Waals surface area (Å²) in [6.07, 6.45) is 4.41. The van der Waals surface area contributed by atoms with E-state index < -0.39 is 5.82 Å². The molecular weight excluding hydrogens is 481 g/mol. The van der Waals surface area contributed by atoms with E-state index in [-0.39, 0.29) is 18.2 Å². The van der Waals surface area contributed by atoms with E-state index in [1.165, 1.54) is 12.1 Å². The Morgan fingerprint density at radius 2 is 1.89 bits per heavy atom. The van der Waals surface area contributed by atoms with Crippen molar-refractivity contribution in [2.24, 2.45) is 11.7 Å². The van der Waals surface area contributed by atoms with E-state index in [2.05, 4.69) is 27.2 Å². The van der Waals surface area contributed by atoms with Gasteiger partial charge < -0.3 is 21.1 Å². The van der Waals surface area contributed by atoms with Crippen molar-refractivity contribution in [1.29, 1.82) is 5.26 Å². The van der Waals surface area contributed by atoms with Gasteiger partial charge in [0.1, 0.15) is 17.7 Å². The smallest absolute Gasteiger partial charge is 0.149 e. The topological polar surface area (TPSA) is 106 Å². The number of nitriles is 1. The molecule has 1 aliphatic carbocycles. The molecule has 1 aromatic heterocycles. The van der Waals surface area contributed by atoms with Gasteiger partial charge in [0.05, 0.1) is 23.6 Å². The van der Waals surface area contributed by atoms with Crippen molar-refractivity contribution in [2.45, 2.75) is 31.7 Å². The first-order chi connectivity index (χ1) is 18.5. The van der Waals surface area contributed by atoms with Crippen molar-refractivity contribution in [1.82, 2.24) is 14.7 Å². The van der Waals surface area contributed by atoms with Crippen LogP contribution >= 0.6 is 0 Å². The minimum absolute atomic E-state index is 0.0224. The van der Waals surface area contributed by atoms with Crippen LogP contribution in [0, 0.1) is 23.1 Å². The minimum Gasteiger partial charge on any atom is -0.395 e. The third kappa shape index (κ3) is 5.99. The van der Waals surface area contributed by atoms with Crippen molar-refractivity contribution in [3.63, 3.8) is 0 Å². The summed E-state index contributed by atoms with van der Waals surface area (Å²) in [6, 6.07) is 17.0. The van der Waals surface area contributed by atoms with E-state index in [0.717, 1.165) is 81.3 Å². The van der Waals surface area contributed by atoms with Gasteiger partial charge in [-0.3, -0.25) is 4.90 Å². The van der Waals surface area contributed by atoms with Gasteiger partial charge in [0.25, 0.3) is 0 Å². The van der Waals surface area contributed by atoms with Crippen LogP contribution in [0.3, 0.4) is 0 Å². The summed E-state index contributed by atoms with van der Waals surface area (Å²) in [4.78, 5) is 4.61. The van der Waals surface area contributed by atoms with E-state index in [1.54, 1.807) is 6.07 Å². The zero-order valence-corrected chi connectivity index (χ0v) is 21.7. The summed E-state index contributed by atoms with van der Waals surface area (Å²) in [5.41, 5.74) is 9.60. The van der Waals surface area contributed by atoms with E-state index in [4.69, 9.17) is 10.8 Å². The lowest BCUT2D eigenvalue weighted by atomic mass is 9.86. The molecule has 4 N–H and O–H groups in total. The Morgan fingerprint density at radius 3 is 2.63 bits per heavy atom. The number of nitrogens with two attached hydrogens (primary N) is 1. The third-order valence-corrected chi connectivity index (χ3v) is 7.72. The first kappa shape index (κ1) is 26.2. The number of nitrogens with zero attached hydrogens (tertiary/aromatic N) is 5. The Hall–Kier alpha value is -3.45. The number of hydrogen-bond donors (Lipinski definition) is 3. The second-order valence-corrected chi connectivity index (χ2v) is 10.4. The highest BCUT2D eigenvalue weighted by molar-refractivity contribution is 5.68. The van der Waals surface area contributed by atoms with Gasteiger partial charge in [-0.1, -0.05) is 18.6 Å². The number of nitrogens with one attached hydrogen (secondary N) is 1. The molecule has 2 heterocycles. The van der Waals surface area contributed by atoms with E-state index >= 15 is 0 Å². The number of hydrogen-bond acceptors (Lipinski definition) is 7. The van der Waals surface area contributed by atoms with E-state index in [9.17, 15) is 14.8 Å². The number of benzene rings is 2. The van der Waals surface area contributed by atoms with Gasteiger partial charge in [0, 0.05) is 62.6 Å². The van der Waals surface area contributed by atoms with E-state index in [0.29, 0.717) is 18.0 Å². The monoisotopic (exact) mass is 517 g/mol. The lowest BCUT2D eigenvalue weighted by molar-refractivity contribution is 0.189. The van der Waals surface area contributed by atoms with Crippen LogP contribution in [0.15, 0.2) is 48.5 Å². The maximum absolute atomic E-state index is 14.6. The van der Waals surface area contributed by atoms with Crippen LogP contribution in [-0.2, 0) is 0 Å². The zero-order chi connectivity index (χ0) is 26.5. The minimum atomic E-state index is -0.544. The molecule has 1 unspecified atom stereocenters. The van der Waals surface area contributed by atoms with Crippen molar-refractivity contribution in [3.8, 4) is 23.0 Å². The average molecular weight is 518 g/mol. The maximum atomic E-state index is 14.6. The van der Waals surface area contributed by atoms with Crippen LogP contribution in [0.2, 0.25) is 0 Å². The molecule has 2 aliphatic rings. The van der Waals surface area contributed by atoms with Crippen molar-refractivity contribution in [3.05, 3.63) is 59.9 Å². The number of halogens is 1. The largest absolute Gasteiger partial charge is 0.395 e. The predicted molar refractivity (Wildman–Crippen MR) is 148 cm³/mol. The number of β-amino-alcohol motifs (C(OH)–C–C–N with tert-alkyl or cyclic N) is 1. The van der Waals surface area contributed by atoms with Gasteiger partial charge in [-0.15, -0.1) is 5.10 Å². The lowest BCUT2D eigenvalue weighted by Crippen LogP contribution is -2.47. The fraction of sp³-hybridized carbons (Fsp3) is 0.448. The molecule has 2 aromatic carbocycles. The van der Waals surface area contributed by atoms with Gasteiger partial charge in [-0.25, -0.2) is 9.07 Å². The highest BCUT2D eigenvalue weighted by Crippen LogP contribution is 2.30. The molecule has 1 saturated heterocycles. The molecule has 2 atom stereocenters. The third-order valence-electron chi connectivity index (χ3n) is 7.72. The molecule has 200 valence electrons. The molecule has 5 rings (SSSR count). The summed E-state index contributed by atoms with van der Waals surface area (Å²) >= 11 is 0. The molecule has 0 radical (unpaired) electrons.